The summed E-state index contributed by atoms with van der Waals surface area (Å²) >= 11 is 0. The number of esters is 2. The van der Waals surface area contributed by atoms with Gasteiger partial charge in [0, 0.05) is 12.8 Å². The molecule has 1 unspecified atom stereocenters. The van der Waals surface area contributed by atoms with Crippen molar-refractivity contribution >= 4 is 19.8 Å². The largest absolute Gasteiger partial charge is 0.472 e. The summed E-state index contributed by atoms with van der Waals surface area (Å²) in [6, 6.07) is 0. The molecule has 0 aromatic carbocycles. The Labute approximate surface area is 311 Å². The third-order valence-electron chi connectivity index (χ3n) is 8.92. The first-order chi connectivity index (χ1) is 24.7. The molecule has 0 bridgehead atoms. The van der Waals surface area contributed by atoms with E-state index in [1.807, 2.05) is 0 Å². The maximum absolute atomic E-state index is 12.5. The Kier molecular flexibility index (Phi) is 36.1. The SMILES string of the molecule is CCCCCCCC/C=C\CCCCCCCCCC(=O)OC[C@H](COP(=O)(O)OC[C@@H](O)CO)OC(=O)CCCCCCCCCCCCC. The van der Waals surface area contributed by atoms with Crippen molar-refractivity contribution in [1.29, 1.82) is 0 Å². The van der Waals surface area contributed by atoms with Crippen molar-refractivity contribution in [2.24, 2.45) is 0 Å². The van der Waals surface area contributed by atoms with Crippen molar-refractivity contribution in [1.82, 2.24) is 0 Å². The van der Waals surface area contributed by atoms with E-state index in [-0.39, 0.29) is 19.4 Å². The van der Waals surface area contributed by atoms with Crippen LogP contribution in [0.25, 0.3) is 0 Å². The summed E-state index contributed by atoms with van der Waals surface area (Å²) in [5.74, 6) is -0.923. The minimum absolute atomic E-state index is 0.188. The quantitative estimate of drug-likeness (QED) is 0.0240. The number of ether oxygens (including phenoxy) is 2. The summed E-state index contributed by atoms with van der Waals surface area (Å²) in [6.45, 7) is 2.37. The molecule has 3 atom stereocenters. The zero-order valence-corrected chi connectivity index (χ0v) is 33.5. The van der Waals surface area contributed by atoms with Crippen molar-refractivity contribution < 1.29 is 47.8 Å². The Bertz CT molecular complexity index is 868. The molecule has 0 saturated heterocycles. The maximum Gasteiger partial charge on any atom is 0.472 e. The van der Waals surface area contributed by atoms with Gasteiger partial charge in [0.15, 0.2) is 6.10 Å². The lowest BCUT2D eigenvalue weighted by molar-refractivity contribution is -0.161. The number of aliphatic hydroxyl groups is 2. The molecule has 10 nitrogen and oxygen atoms in total. The van der Waals surface area contributed by atoms with Gasteiger partial charge >= 0.3 is 19.8 Å². The summed E-state index contributed by atoms with van der Waals surface area (Å²) in [7, 11) is -4.61. The Morgan fingerprint density at radius 2 is 0.961 bits per heavy atom. The van der Waals surface area contributed by atoms with E-state index in [1.54, 1.807) is 0 Å². The third-order valence-corrected chi connectivity index (χ3v) is 9.87. The minimum atomic E-state index is -4.61. The Balaban J connectivity index is 4.27. The molecule has 0 heterocycles. The van der Waals surface area contributed by atoms with Gasteiger partial charge in [-0.15, -0.1) is 0 Å². The number of unbranched alkanes of at least 4 members (excludes halogenated alkanes) is 23. The van der Waals surface area contributed by atoms with E-state index in [1.165, 1.54) is 109 Å². The first-order valence-electron chi connectivity index (χ1n) is 20.6. The third kappa shape index (κ3) is 36.8. The van der Waals surface area contributed by atoms with Crippen LogP contribution in [0, 0.1) is 0 Å². The second-order valence-electron chi connectivity index (χ2n) is 14.0. The molecule has 0 aromatic rings. The molecule has 0 aromatic heterocycles. The molecule has 0 amide bonds. The van der Waals surface area contributed by atoms with E-state index in [9.17, 15) is 24.2 Å². The average Bonchev–Trinajstić information content (AvgIpc) is 3.12. The van der Waals surface area contributed by atoms with Crippen molar-refractivity contribution in [2.75, 3.05) is 26.4 Å². The van der Waals surface area contributed by atoms with Crippen LogP contribution in [0.4, 0.5) is 0 Å². The highest BCUT2D eigenvalue weighted by Gasteiger charge is 2.27. The van der Waals surface area contributed by atoms with Crippen molar-refractivity contribution in [3.8, 4) is 0 Å². The van der Waals surface area contributed by atoms with Crippen molar-refractivity contribution in [3.05, 3.63) is 12.2 Å². The molecule has 11 heteroatoms. The minimum Gasteiger partial charge on any atom is -0.462 e. The summed E-state index contributed by atoms with van der Waals surface area (Å²) in [4.78, 5) is 34.9. The molecule has 0 fully saturated rings. The van der Waals surface area contributed by atoms with E-state index in [0.717, 1.165) is 44.9 Å². The zero-order valence-electron chi connectivity index (χ0n) is 32.6. The molecule has 302 valence electrons. The number of hydrogen-bond acceptors (Lipinski definition) is 9. The van der Waals surface area contributed by atoms with Gasteiger partial charge in [-0.1, -0.05) is 154 Å². The number of rotatable bonds is 39. The predicted molar refractivity (Wildman–Crippen MR) is 205 cm³/mol. The molecular formula is C40H77O10P. The maximum atomic E-state index is 12.5. The molecule has 0 rings (SSSR count). The van der Waals surface area contributed by atoms with Crippen molar-refractivity contribution in [2.45, 2.75) is 206 Å². The fourth-order valence-corrected chi connectivity index (χ4v) is 6.48. The number of allylic oxidation sites excluding steroid dienone is 2. The Morgan fingerprint density at radius 3 is 1.41 bits per heavy atom. The summed E-state index contributed by atoms with van der Waals surface area (Å²) in [6.07, 6.45) is 33.2. The molecule has 0 saturated carbocycles. The van der Waals surface area contributed by atoms with Gasteiger partial charge in [-0.3, -0.25) is 18.6 Å². The predicted octanol–water partition coefficient (Wildman–Crippen LogP) is 10.4. The lowest BCUT2D eigenvalue weighted by atomic mass is 10.1. The number of carbonyl (C=O) groups excluding carboxylic acids is 2. The number of phosphoric ester groups is 1. The van der Waals surface area contributed by atoms with Gasteiger partial charge in [-0.2, -0.15) is 0 Å². The molecular weight excluding hydrogens is 671 g/mol. The number of hydrogen-bond donors (Lipinski definition) is 3. The smallest absolute Gasteiger partial charge is 0.462 e. The second kappa shape index (κ2) is 37.0. The van der Waals surface area contributed by atoms with E-state index < -0.39 is 51.8 Å². The molecule has 0 radical (unpaired) electrons. The highest BCUT2D eigenvalue weighted by molar-refractivity contribution is 7.47. The van der Waals surface area contributed by atoms with Gasteiger partial charge in [0.1, 0.15) is 12.7 Å². The van der Waals surface area contributed by atoms with E-state index in [0.29, 0.717) is 12.8 Å². The van der Waals surface area contributed by atoms with Crippen LogP contribution in [0.2, 0.25) is 0 Å². The monoisotopic (exact) mass is 749 g/mol. The first-order valence-corrected chi connectivity index (χ1v) is 22.1. The fraction of sp³-hybridized carbons (Fsp3) is 0.900. The second-order valence-corrected chi connectivity index (χ2v) is 15.5. The van der Waals surface area contributed by atoms with Gasteiger partial charge in [0.25, 0.3) is 0 Å². The van der Waals surface area contributed by atoms with Gasteiger partial charge in [-0.25, -0.2) is 4.57 Å². The fourth-order valence-electron chi connectivity index (χ4n) is 5.69. The van der Waals surface area contributed by atoms with E-state index in [2.05, 4.69) is 30.5 Å². The van der Waals surface area contributed by atoms with Crippen LogP contribution in [0.15, 0.2) is 12.2 Å². The lowest BCUT2D eigenvalue weighted by Crippen LogP contribution is -2.29. The molecule has 3 N–H and O–H groups in total. The summed E-state index contributed by atoms with van der Waals surface area (Å²) in [5.41, 5.74) is 0. The highest BCUT2D eigenvalue weighted by atomic mass is 31.2. The standard InChI is InChI=1S/C40H77O10P/c1-3-5-7-9-11-13-15-16-17-18-19-20-22-23-25-27-29-31-39(43)47-35-38(36-49-51(45,46)48-34-37(42)33-41)50-40(44)32-30-28-26-24-21-14-12-10-8-6-4-2/h16-17,37-38,41-42H,3-15,18-36H2,1-2H3,(H,45,46)/b17-16-/t37-,38+/m0/s1. The zero-order chi connectivity index (χ0) is 37.7. The van der Waals surface area contributed by atoms with Crippen LogP contribution in [0.3, 0.4) is 0 Å². The number of aliphatic hydroxyl groups excluding tert-OH is 2. The van der Waals surface area contributed by atoms with Crippen LogP contribution in [-0.4, -0.2) is 65.7 Å². The highest BCUT2D eigenvalue weighted by Crippen LogP contribution is 2.43. The van der Waals surface area contributed by atoms with Gasteiger partial charge in [-0.05, 0) is 38.5 Å². The first kappa shape index (κ1) is 49.7. The molecule has 0 aliphatic rings. The molecule has 0 aliphatic carbocycles. The van der Waals surface area contributed by atoms with Crippen LogP contribution in [-0.2, 0) is 32.7 Å². The number of carbonyl (C=O) groups is 2. The van der Waals surface area contributed by atoms with Crippen LogP contribution >= 0.6 is 7.82 Å². The summed E-state index contributed by atoms with van der Waals surface area (Å²) < 4.78 is 32.6. The molecule has 51 heavy (non-hydrogen) atoms. The summed E-state index contributed by atoms with van der Waals surface area (Å²) in [5, 5.41) is 18.3. The Hall–Kier alpha value is -1.29. The van der Waals surface area contributed by atoms with Gasteiger partial charge in [0.2, 0.25) is 0 Å². The van der Waals surface area contributed by atoms with Crippen LogP contribution < -0.4 is 0 Å². The van der Waals surface area contributed by atoms with Crippen molar-refractivity contribution in [3.63, 3.8) is 0 Å². The van der Waals surface area contributed by atoms with Crippen LogP contribution in [0.1, 0.15) is 194 Å². The number of phosphoric acid groups is 1. The lowest BCUT2D eigenvalue weighted by Gasteiger charge is -2.20. The van der Waals surface area contributed by atoms with E-state index >= 15 is 0 Å². The molecule has 0 spiro atoms. The van der Waals surface area contributed by atoms with Gasteiger partial charge in [0.05, 0.1) is 19.8 Å². The molecule has 0 aliphatic heterocycles. The Morgan fingerprint density at radius 1 is 0.569 bits per heavy atom. The normalized spacial score (nSPS) is 14.1. The van der Waals surface area contributed by atoms with E-state index in [4.69, 9.17) is 19.1 Å². The average molecular weight is 749 g/mol. The van der Waals surface area contributed by atoms with Crippen LogP contribution in [0.5, 0.6) is 0 Å². The van der Waals surface area contributed by atoms with Gasteiger partial charge < -0.3 is 24.6 Å². The topological polar surface area (TPSA) is 149 Å².